The predicted molar refractivity (Wildman–Crippen MR) is 163 cm³/mol. The number of aryl methyl sites for hydroxylation is 1. The summed E-state index contributed by atoms with van der Waals surface area (Å²) in [7, 11) is 1.00. The molecular formula is C34H45NO6. The average Bonchev–Trinajstić information content (AvgIpc) is 2.90. The molecule has 3 rings (SSSR count). The number of carbonyl (C=O) groups is 2. The van der Waals surface area contributed by atoms with Crippen LogP contribution in [0.5, 0.6) is 5.75 Å². The summed E-state index contributed by atoms with van der Waals surface area (Å²) < 4.78 is 17.0. The van der Waals surface area contributed by atoms with Crippen molar-refractivity contribution < 1.29 is 28.9 Å². The van der Waals surface area contributed by atoms with Crippen LogP contribution in [0.1, 0.15) is 70.7 Å². The van der Waals surface area contributed by atoms with E-state index in [2.05, 4.69) is 42.6 Å². The largest absolute Gasteiger partial charge is 0.489 e. The third kappa shape index (κ3) is 12.1. The van der Waals surface area contributed by atoms with Crippen molar-refractivity contribution in [3.8, 4) is 16.9 Å². The van der Waals surface area contributed by atoms with E-state index in [1.54, 1.807) is 0 Å². The van der Waals surface area contributed by atoms with Crippen LogP contribution in [0.2, 0.25) is 0 Å². The number of carbonyl (C=O) groups excluding carboxylic acids is 2. The Bertz CT molecular complexity index is 1290. The molecule has 2 N–H and O–H groups in total. The Labute approximate surface area is 244 Å². The lowest BCUT2D eigenvalue weighted by molar-refractivity contribution is -0.153. The van der Waals surface area contributed by atoms with Crippen molar-refractivity contribution in [3.63, 3.8) is 0 Å². The molecule has 1 amide bonds. The van der Waals surface area contributed by atoms with Crippen molar-refractivity contribution in [2.24, 2.45) is 0 Å². The quantitative estimate of drug-likeness (QED) is 0.272. The van der Waals surface area contributed by atoms with Gasteiger partial charge in [0.15, 0.2) is 0 Å². The molecule has 0 spiro atoms. The Morgan fingerprint density at radius 3 is 2.05 bits per heavy atom. The minimum absolute atomic E-state index is 0.151. The summed E-state index contributed by atoms with van der Waals surface area (Å²) in [5, 5.41) is 9.82. The zero-order valence-corrected chi connectivity index (χ0v) is 25.7. The molecule has 0 fully saturated rings. The summed E-state index contributed by atoms with van der Waals surface area (Å²) >= 11 is 0. The summed E-state index contributed by atoms with van der Waals surface area (Å²) in [6, 6.07) is 22.1. The molecule has 41 heavy (non-hydrogen) atoms. The van der Waals surface area contributed by atoms with Gasteiger partial charge in [-0.25, -0.2) is 4.79 Å². The van der Waals surface area contributed by atoms with E-state index in [1.165, 1.54) is 5.56 Å². The maximum Gasteiger partial charge on any atom is 0.407 e. The monoisotopic (exact) mass is 563 g/mol. The number of rotatable bonds is 9. The Kier molecular flexibility index (Phi) is 12.4. The first-order valence-corrected chi connectivity index (χ1v) is 13.9. The summed E-state index contributed by atoms with van der Waals surface area (Å²) in [6.45, 7) is 14.0. The molecule has 7 nitrogen and oxygen atoms in total. The fraction of sp³-hybridized carbons (Fsp3) is 0.412. The average molecular weight is 564 g/mol. The van der Waals surface area contributed by atoms with Gasteiger partial charge in [-0.15, -0.1) is 0 Å². The third-order valence-corrected chi connectivity index (χ3v) is 5.68. The normalized spacial score (nSPS) is 11.1. The van der Waals surface area contributed by atoms with Gasteiger partial charge in [0, 0.05) is 19.2 Å². The van der Waals surface area contributed by atoms with Crippen LogP contribution in [0.4, 0.5) is 4.79 Å². The maximum absolute atomic E-state index is 12.4. The summed E-state index contributed by atoms with van der Waals surface area (Å²) in [5.74, 6) is 0.386. The first kappa shape index (κ1) is 33.4. The summed E-state index contributed by atoms with van der Waals surface area (Å²) in [4.78, 5) is 24.5. The smallest absolute Gasteiger partial charge is 0.407 e. The van der Waals surface area contributed by atoms with Crippen LogP contribution < -0.4 is 10.1 Å². The molecule has 0 bridgehead atoms. The van der Waals surface area contributed by atoms with Crippen LogP contribution >= 0.6 is 0 Å². The molecule has 0 saturated carbocycles. The molecule has 0 aliphatic carbocycles. The zero-order chi connectivity index (χ0) is 30.6. The fourth-order valence-electron chi connectivity index (χ4n) is 4.05. The number of hydrogen-bond acceptors (Lipinski definition) is 6. The molecule has 0 aliphatic heterocycles. The van der Waals surface area contributed by atoms with E-state index in [0.717, 1.165) is 41.3 Å². The van der Waals surface area contributed by atoms with Crippen LogP contribution in [-0.2, 0) is 40.3 Å². The number of benzene rings is 3. The van der Waals surface area contributed by atoms with E-state index in [4.69, 9.17) is 19.3 Å². The Hall–Kier alpha value is -3.84. The lowest BCUT2D eigenvalue weighted by Gasteiger charge is -2.20. The number of hydrogen-bond donors (Lipinski definition) is 2. The van der Waals surface area contributed by atoms with Crippen molar-refractivity contribution in [2.75, 3.05) is 7.11 Å². The van der Waals surface area contributed by atoms with Gasteiger partial charge in [0.1, 0.15) is 23.6 Å². The van der Waals surface area contributed by atoms with Gasteiger partial charge in [0.2, 0.25) is 0 Å². The third-order valence-electron chi connectivity index (χ3n) is 5.68. The van der Waals surface area contributed by atoms with Gasteiger partial charge < -0.3 is 24.6 Å². The van der Waals surface area contributed by atoms with Crippen LogP contribution in [-0.4, -0.2) is 35.5 Å². The Morgan fingerprint density at radius 2 is 1.39 bits per heavy atom. The highest BCUT2D eigenvalue weighted by molar-refractivity contribution is 5.74. The first-order valence-electron chi connectivity index (χ1n) is 13.9. The number of esters is 1. The molecule has 0 atom stereocenters. The highest BCUT2D eigenvalue weighted by atomic mass is 16.6. The lowest BCUT2D eigenvalue weighted by atomic mass is 9.97. The Balaban J connectivity index is 0.00000287. The van der Waals surface area contributed by atoms with E-state index in [1.807, 2.05) is 77.9 Å². The molecule has 0 unspecified atom stereocenters. The zero-order valence-electron chi connectivity index (χ0n) is 25.7. The van der Waals surface area contributed by atoms with Crippen molar-refractivity contribution in [1.82, 2.24) is 5.32 Å². The number of para-hydroxylation sites is 1. The van der Waals surface area contributed by atoms with E-state index < -0.39 is 17.3 Å². The van der Waals surface area contributed by atoms with Crippen molar-refractivity contribution in [2.45, 2.75) is 85.7 Å². The van der Waals surface area contributed by atoms with E-state index in [-0.39, 0.29) is 12.4 Å². The molecule has 0 saturated heterocycles. The molecule has 222 valence electrons. The number of amides is 1. The second-order valence-corrected chi connectivity index (χ2v) is 11.6. The summed E-state index contributed by atoms with van der Waals surface area (Å²) in [6.07, 6.45) is 0.598. The van der Waals surface area contributed by atoms with Gasteiger partial charge in [0.25, 0.3) is 0 Å². The van der Waals surface area contributed by atoms with Crippen LogP contribution in [0.3, 0.4) is 0 Å². The highest BCUT2D eigenvalue weighted by Gasteiger charge is 2.18. The molecular weight excluding hydrogens is 518 g/mol. The second-order valence-electron chi connectivity index (χ2n) is 11.6. The lowest BCUT2D eigenvalue weighted by Crippen LogP contribution is -2.32. The minimum atomic E-state index is -0.540. The van der Waals surface area contributed by atoms with Crippen LogP contribution in [0.15, 0.2) is 66.7 Å². The number of alkyl carbamates (subject to hydrolysis) is 1. The molecule has 0 radical (unpaired) electrons. The summed E-state index contributed by atoms with van der Waals surface area (Å²) in [5.41, 5.74) is 5.07. The fourth-order valence-corrected chi connectivity index (χ4v) is 4.05. The number of aliphatic hydroxyl groups is 1. The van der Waals surface area contributed by atoms with Gasteiger partial charge in [-0.2, -0.15) is 0 Å². The van der Waals surface area contributed by atoms with Crippen LogP contribution in [0, 0.1) is 0 Å². The van der Waals surface area contributed by atoms with Gasteiger partial charge in [-0.3, -0.25) is 4.79 Å². The molecule has 0 aliphatic rings. The molecule has 0 heterocycles. The van der Waals surface area contributed by atoms with E-state index in [0.29, 0.717) is 18.9 Å². The molecule has 3 aromatic rings. The van der Waals surface area contributed by atoms with Gasteiger partial charge in [0.05, 0.1) is 6.42 Å². The topological polar surface area (TPSA) is 94.1 Å². The number of ether oxygens (including phenoxy) is 3. The van der Waals surface area contributed by atoms with Gasteiger partial charge in [-0.1, -0.05) is 55.5 Å². The molecule has 7 heteroatoms. The van der Waals surface area contributed by atoms with Crippen molar-refractivity contribution in [3.05, 3.63) is 89.0 Å². The first-order chi connectivity index (χ1) is 19.3. The van der Waals surface area contributed by atoms with Gasteiger partial charge in [-0.05, 0) is 94.0 Å². The van der Waals surface area contributed by atoms with E-state index >= 15 is 0 Å². The molecule has 3 aromatic carbocycles. The van der Waals surface area contributed by atoms with Crippen molar-refractivity contribution in [1.29, 1.82) is 0 Å². The Morgan fingerprint density at radius 1 is 0.756 bits per heavy atom. The standard InChI is InChI=1S/C33H41NO5.CH4O/c1-8-23-16-25(22-37-29-15-10-9-13-27(29)20-30(35)38-32(2,3)4)19-28(17-23)26-14-11-12-24(18-26)21-34-31(36)39-33(5,6)7;1-2/h9-19H,8,20-22H2,1-7H3,(H,34,36);2H,1H3. The maximum atomic E-state index is 12.4. The SMILES string of the molecule is CCc1cc(COc2ccccc2CC(=O)OC(C)(C)C)cc(-c2cccc(CNC(=O)OC(C)(C)C)c2)c1.CO. The van der Waals surface area contributed by atoms with Crippen LogP contribution in [0.25, 0.3) is 11.1 Å². The number of aliphatic hydroxyl groups excluding tert-OH is 1. The van der Waals surface area contributed by atoms with E-state index in [9.17, 15) is 9.59 Å². The number of nitrogens with one attached hydrogen (secondary N) is 1. The molecule has 0 aromatic heterocycles. The highest BCUT2D eigenvalue weighted by Crippen LogP contribution is 2.26. The minimum Gasteiger partial charge on any atom is -0.489 e. The van der Waals surface area contributed by atoms with Crippen molar-refractivity contribution >= 4 is 12.1 Å². The second kappa shape index (κ2) is 15.2. The predicted octanol–water partition coefficient (Wildman–Crippen LogP) is 7.01. The van der Waals surface area contributed by atoms with Gasteiger partial charge >= 0.3 is 12.1 Å².